The highest BCUT2D eigenvalue weighted by Crippen LogP contribution is 2.29. The summed E-state index contributed by atoms with van der Waals surface area (Å²) in [6, 6.07) is 3.15. The zero-order valence-corrected chi connectivity index (χ0v) is 16.4. The van der Waals surface area contributed by atoms with Crippen molar-refractivity contribution in [3.63, 3.8) is 0 Å². The van der Waals surface area contributed by atoms with Gasteiger partial charge in [-0.3, -0.25) is 10.1 Å². The van der Waals surface area contributed by atoms with Crippen molar-refractivity contribution in [3.05, 3.63) is 51.2 Å². The summed E-state index contributed by atoms with van der Waals surface area (Å²) >= 11 is 5.74. The summed E-state index contributed by atoms with van der Waals surface area (Å²) in [4.78, 5) is 25.3. The third kappa shape index (κ3) is 4.84. The van der Waals surface area contributed by atoms with Gasteiger partial charge in [-0.2, -0.15) is 4.31 Å². The van der Waals surface area contributed by atoms with Gasteiger partial charge in [-0.05, 0) is 12.1 Å². The van der Waals surface area contributed by atoms with E-state index in [0.717, 1.165) is 28.8 Å². The molecule has 0 fully saturated rings. The molecule has 2 aromatic rings. The zero-order chi connectivity index (χ0) is 20.9. The average Bonchev–Trinajstić information content (AvgIpc) is 3.12. The lowest BCUT2D eigenvalue weighted by Gasteiger charge is -2.20. The Morgan fingerprint density at radius 3 is 2.71 bits per heavy atom. The Bertz CT molecular complexity index is 975. The van der Waals surface area contributed by atoms with Crippen LogP contribution in [0.2, 0.25) is 5.02 Å². The minimum absolute atomic E-state index is 0.0412. The number of halogens is 1. The van der Waals surface area contributed by atoms with Gasteiger partial charge in [0, 0.05) is 19.7 Å². The number of esters is 1. The fourth-order valence-electron chi connectivity index (χ4n) is 2.15. The molecule has 0 aliphatic heterocycles. The van der Waals surface area contributed by atoms with Gasteiger partial charge in [-0.25, -0.2) is 18.2 Å². The van der Waals surface area contributed by atoms with Crippen LogP contribution in [0.4, 0.5) is 5.69 Å². The third-order valence-corrected chi connectivity index (χ3v) is 5.72. The number of rotatable bonds is 9. The molecule has 152 valence electrons. The fourth-order valence-corrected chi connectivity index (χ4v) is 3.73. The number of sulfonamides is 1. The Morgan fingerprint density at radius 1 is 1.39 bits per heavy atom. The van der Waals surface area contributed by atoms with Crippen LogP contribution < -0.4 is 0 Å². The maximum absolute atomic E-state index is 13.0. The van der Waals surface area contributed by atoms with Crippen LogP contribution in [-0.2, 0) is 26.0 Å². The predicted molar refractivity (Wildman–Crippen MR) is 95.4 cm³/mol. The Balaban J connectivity index is 2.38. The number of aromatic nitrogens is 1. The van der Waals surface area contributed by atoms with Gasteiger partial charge in [-0.15, -0.1) is 0 Å². The van der Waals surface area contributed by atoms with Crippen LogP contribution in [0.5, 0.6) is 0 Å². The van der Waals surface area contributed by atoms with Crippen molar-refractivity contribution in [2.75, 3.05) is 27.4 Å². The minimum atomic E-state index is -4.19. The molecule has 0 saturated carbocycles. The van der Waals surface area contributed by atoms with Crippen LogP contribution >= 0.6 is 11.6 Å². The first-order valence-electron chi connectivity index (χ1n) is 7.66. The summed E-state index contributed by atoms with van der Waals surface area (Å²) in [6.45, 7) is -0.385. The largest absolute Gasteiger partial charge is 0.464 e. The Kier molecular flexibility index (Phi) is 7.07. The van der Waals surface area contributed by atoms with Gasteiger partial charge >= 0.3 is 5.97 Å². The van der Waals surface area contributed by atoms with Crippen molar-refractivity contribution >= 4 is 33.3 Å². The second-order valence-electron chi connectivity index (χ2n) is 5.32. The van der Waals surface area contributed by atoms with Crippen molar-refractivity contribution in [2.45, 2.75) is 11.4 Å². The number of hydrogen-bond donors (Lipinski definition) is 0. The SMILES string of the molecule is COCCN(Cc1nc(C(=O)OC)co1)S(=O)(=O)c1ccc(Cl)c([N+](=O)[O-])c1. The van der Waals surface area contributed by atoms with Gasteiger partial charge in [0.1, 0.15) is 11.3 Å². The normalized spacial score (nSPS) is 11.6. The smallest absolute Gasteiger partial charge is 0.360 e. The first kappa shape index (κ1) is 21.8. The van der Waals surface area contributed by atoms with Crippen LogP contribution in [-0.4, -0.2) is 56.0 Å². The average molecular weight is 434 g/mol. The number of nitro groups is 1. The van der Waals surface area contributed by atoms with Gasteiger partial charge in [0.05, 0.1) is 30.1 Å². The number of carbonyl (C=O) groups excluding carboxylic acids is 1. The second-order valence-corrected chi connectivity index (χ2v) is 7.66. The molecule has 0 unspecified atom stereocenters. The summed E-state index contributed by atoms with van der Waals surface area (Å²) in [5.74, 6) is -0.807. The molecule has 0 aliphatic rings. The van der Waals surface area contributed by atoms with E-state index in [2.05, 4.69) is 9.72 Å². The number of nitro benzene ring substituents is 1. The van der Waals surface area contributed by atoms with Crippen molar-refractivity contribution in [1.82, 2.24) is 9.29 Å². The summed E-state index contributed by atoms with van der Waals surface area (Å²) in [7, 11) is -1.63. The number of oxazole rings is 1. The standard InChI is InChI=1S/C15H16ClN3O8S/c1-25-6-5-18(8-14-17-12(9-27-14)15(20)26-2)28(23,24)10-3-4-11(16)13(7-10)19(21)22/h3-4,7,9H,5-6,8H2,1-2H3. The number of methoxy groups -OCH3 is 2. The molecule has 0 aliphatic carbocycles. The van der Waals surface area contributed by atoms with E-state index in [4.69, 9.17) is 20.8 Å². The molecule has 11 nitrogen and oxygen atoms in total. The quantitative estimate of drug-likeness (QED) is 0.329. The lowest BCUT2D eigenvalue weighted by atomic mass is 10.3. The first-order valence-corrected chi connectivity index (χ1v) is 9.48. The molecule has 0 saturated heterocycles. The molecule has 1 heterocycles. The van der Waals surface area contributed by atoms with Gasteiger partial charge in [0.15, 0.2) is 5.69 Å². The monoisotopic (exact) mass is 433 g/mol. The van der Waals surface area contributed by atoms with Crippen LogP contribution in [0.15, 0.2) is 33.8 Å². The molecule has 0 radical (unpaired) electrons. The fraction of sp³-hybridized carbons (Fsp3) is 0.333. The topological polar surface area (TPSA) is 142 Å². The van der Waals surface area contributed by atoms with Crippen molar-refractivity contribution in [3.8, 4) is 0 Å². The Hall–Kier alpha value is -2.54. The Morgan fingerprint density at radius 2 is 2.11 bits per heavy atom. The molecule has 0 amide bonds. The number of carbonyl (C=O) groups is 1. The summed E-state index contributed by atoms with van der Waals surface area (Å²) in [5.41, 5.74) is -0.665. The maximum Gasteiger partial charge on any atom is 0.360 e. The summed E-state index contributed by atoms with van der Waals surface area (Å²) in [6.07, 6.45) is 1.04. The molecule has 1 aromatic carbocycles. The molecule has 0 atom stereocenters. The molecule has 0 bridgehead atoms. The zero-order valence-electron chi connectivity index (χ0n) is 14.8. The lowest BCUT2D eigenvalue weighted by molar-refractivity contribution is -0.384. The van der Waals surface area contributed by atoms with E-state index in [1.807, 2.05) is 0 Å². The molecule has 28 heavy (non-hydrogen) atoms. The number of nitrogens with zero attached hydrogens (tertiary/aromatic N) is 3. The molecular weight excluding hydrogens is 418 g/mol. The summed E-state index contributed by atoms with van der Waals surface area (Å²) < 4.78 is 41.5. The number of hydrogen-bond acceptors (Lipinski definition) is 9. The molecular formula is C15H16ClN3O8S. The molecule has 0 N–H and O–H groups in total. The summed E-state index contributed by atoms with van der Waals surface area (Å²) in [5, 5.41) is 10.9. The number of benzene rings is 1. The van der Waals surface area contributed by atoms with Crippen molar-refractivity contribution in [1.29, 1.82) is 0 Å². The van der Waals surface area contributed by atoms with Gasteiger partial charge in [0.2, 0.25) is 15.9 Å². The van der Waals surface area contributed by atoms with E-state index in [0.29, 0.717) is 0 Å². The molecule has 0 spiro atoms. The van der Waals surface area contributed by atoms with E-state index in [-0.39, 0.29) is 41.2 Å². The van der Waals surface area contributed by atoms with Crippen LogP contribution in [0.3, 0.4) is 0 Å². The van der Waals surface area contributed by atoms with Crippen LogP contribution in [0.25, 0.3) is 0 Å². The highest BCUT2D eigenvalue weighted by molar-refractivity contribution is 7.89. The van der Waals surface area contributed by atoms with Gasteiger partial charge < -0.3 is 13.9 Å². The van der Waals surface area contributed by atoms with E-state index in [1.54, 1.807) is 0 Å². The lowest BCUT2D eigenvalue weighted by Crippen LogP contribution is -2.33. The predicted octanol–water partition coefficient (Wildman–Crippen LogP) is 1.86. The van der Waals surface area contributed by atoms with Crippen LogP contribution in [0.1, 0.15) is 16.4 Å². The highest BCUT2D eigenvalue weighted by Gasteiger charge is 2.29. The van der Waals surface area contributed by atoms with Gasteiger partial charge in [-0.1, -0.05) is 11.6 Å². The van der Waals surface area contributed by atoms with Crippen LogP contribution in [0, 0.1) is 10.1 Å². The first-order chi connectivity index (χ1) is 13.2. The van der Waals surface area contributed by atoms with E-state index < -0.39 is 26.6 Å². The maximum atomic E-state index is 13.0. The highest BCUT2D eigenvalue weighted by atomic mass is 35.5. The molecule has 2 rings (SSSR count). The van der Waals surface area contributed by atoms with Gasteiger partial charge in [0.25, 0.3) is 5.69 Å². The number of ether oxygens (including phenoxy) is 2. The van der Waals surface area contributed by atoms with Crippen molar-refractivity contribution < 1.29 is 32.0 Å². The molecule has 1 aromatic heterocycles. The third-order valence-electron chi connectivity index (χ3n) is 3.55. The van der Waals surface area contributed by atoms with E-state index in [1.165, 1.54) is 14.2 Å². The second kappa shape index (κ2) is 9.10. The van der Waals surface area contributed by atoms with E-state index >= 15 is 0 Å². The van der Waals surface area contributed by atoms with Crippen molar-refractivity contribution in [2.24, 2.45) is 0 Å². The van der Waals surface area contributed by atoms with E-state index in [9.17, 15) is 23.3 Å². The molecule has 13 heteroatoms. The Labute approximate surface area is 165 Å². The minimum Gasteiger partial charge on any atom is -0.464 e.